The number of rotatable bonds is 2. The highest BCUT2D eigenvalue weighted by atomic mass is 35.5. The SMILES string of the molecule is Cl.Cl.Nc1ccccc1C(=O)N1CCN(c2ccccn2)CC1. The van der Waals surface area contributed by atoms with Gasteiger partial charge in [-0.15, -0.1) is 24.8 Å². The van der Waals surface area contributed by atoms with Crippen molar-refractivity contribution in [1.29, 1.82) is 0 Å². The fourth-order valence-electron chi connectivity index (χ4n) is 2.54. The Hall–Kier alpha value is -1.98. The summed E-state index contributed by atoms with van der Waals surface area (Å²) in [5.74, 6) is 0.970. The molecule has 0 radical (unpaired) electrons. The first-order valence-corrected chi connectivity index (χ1v) is 7.05. The van der Waals surface area contributed by atoms with Gasteiger partial charge in [0, 0.05) is 38.1 Å². The second kappa shape index (κ2) is 8.60. The van der Waals surface area contributed by atoms with Crippen LogP contribution in [0.15, 0.2) is 48.7 Å². The Morgan fingerprint density at radius 2 is 1.61 bits per heavy atom. The molecule has 1 amide bonds. The van der Waals surface area contributed by atoms with Crippen LogP contribution in [0.1, 0.15) is 10.4 Å². The molecule has 1 aromatic carbocycles. The molecular formula is C16H20Cl2N4O. The van der Waals surface area contributed by atoms with Crippen LogP contribution < -0.4 is 10.6 Å². The van der Waals surface area contributed by atoms with Gasteiger partial charge in [0.05, 0.1) is 5.56 Å². The first-order valence-electron chi connectivity index (χ1n) is 7.05. The number of benzene rings is 1. The molecule has 124 valence electrons. The highest BCUT2D eigenvalue weighted by Crippen LogP contribution is 2.17. The molecule has 7 heteroatoms. The monoisotopic (exact) mass is 354 g/mol. The number of amides is 1. The molecule has 2 N–H and O–H groups in total. The van der Waals surface area contributed by atoms with Gasteiger partial charge in [-0.05, 0) is 24.3 Å². The summed E-state index contributed by atoms with van der Waals surface area (Å²) in [4.78, 5) is 20.9. The van der Waals surface area contributed by atoms with Crippen LogP contribution in [0.4, 0.5) is 11.5 Å². The van der Waals surface area contributed by atoms with Crippen LogP contribution in [0.25, 0.3) is 0 Å². The number of nitrogen functional groups attached to an aromatic ring is 1. The molecule has 0 atom stereocenters. The summed E-state index contributed by atoms with van der Waals surface area (Å²) in [6, 6.07) is 13.1. The summed E-state index contributed by atoms with van der Waals surface area (Å²) in [5.41, 5.74) is 7.00. The number of pyridine rings is 1. The van der Waals surface area contributed by atoms with Gasteiger partial charge in [-0.3, -0.25) is 4.79 Å². The molecule has 1 fully saturated rings. The van der Waals surface area contributed by atoms with Crippen LogP contribution in [0.2, 0.25) is 0 Å². The van der Waals surface area contributed by atoms with E-state index in [0.29, 0.717) is 24.3 Å². The molecule has 0 spiro atoms. The van der Waals surface area contributed by atoms with E-state index in [9.17, 15) is 4.79 Å². The Morgan fingerprint density at radius 1 is 0.957 bits per heavy atom. The smallest absolute Gasteiger partial charge is 0.256 e. The molecule has 2 aromatic rings. The first-order chi connectivity index (χ1) is 10.3. The van der Waals surface area contributed by atoms with Crippen molar-refractivity contribution in [3.05, 3.63) is 54.2 Å². The largest absolute Gasteiger partial charge is 0.398 e. The second-order valence-electron chi connectivity index (χ2n) is 5.05. The number of halogens is 2. The summed E-state index contributed by atoms with van der Waals surface area (Å²) in [6.07, 6.45) is 1.79. The van der Waals surface area contributed by atoms with E-state index in [1.807, 2.05) is 35.2 Å². The fraction of sp³-hybridized carbons (Fsp3) is 0.250. The molecule has 0 saturated carbocycles. The number of carbonyl (C=O) groups is 1. The van der Waals surface area contributed by atoms with E-state index in [1.165, 1.54) is 0 Å². The van der Waals surface area contributed by atoms with Crippen molar-refractivity contribution in [1.82, 2.24) is 9.88 Å². The Kier molecular flexibility index (Phi) is 7.13. The van der Waals surface area contributed by atoms with Crippen molar-refractivity contribution in [3.8, 4) is 0 Å². The number of nitrogens with zero attached hydrogens (tertiary/aromatic N) is 3. The van der Waals surface area contributed by atoms with Crippen LogP contribution in [0.3, 0.4) is 0 Å². The van der Waals surface area contributed by atoms with Gasteiger partial charge in [0.1, 0.15) is 5.82 Å². The molecule has 23 heavy (non-hydrogen) atoms. The Morgan fingerprint density at radius 3 is 2.22 bits per heavy atom. The Labute approximate surface area is 148 Å². The maximum absolute atomic E-state index is 12.5. The zero-order valence-electron chi connectivity index (χ0n) is 12.6. The lowest BCUT2D eigenvalue weighted by Crippen LogP contribution is -2.49. The van der Waals surface area contributed by atoms with E-state index in [1.54, 1.807) is 18.3 Å². The van der Waals surface area contributed by atoms with Gasteiger partial charge in [-0.1, -0.05) is 18.2 Å². The van der Waals surface area contributed by atoms with Gasteiger partial charge < -0.3 is 15.5 Å². The van der Waals surface area contributed by atoms with Gasteiger partial charge in [0.25, 0.3) is 5.91 Å². The summed E-state index contributed by atoms with van der Waals surface area (Å²) >= 11 is 0. The van der Waals surface area contributed by atoms with E-state index < -0.39 is 0 Å². The average Bonchev–Trinajstić information content (AvgIpc) is 2.56. The molecule has 0 bridgehead atoms. The lowest BCUT2D eigenvalue weighted by atomic mass is 10.1. The molecule has 5 nitrogen and oxygen atoms in total. The number of para-hydroxylation sites is 1. The molecule has 1 aromatic heterocycles. The van der Waals surface area contributed by atoms with E-state index in [0.717, 1.165) is 18.9 Å². The van der Waals surface area contributed by atoms with E-state index in [-0.39, 0.29) is 30.7 Å². The van der Waals surface area contributed by atoms with Crippen LogP contribution in [-0.4, -0.2) is 42.0 Å². The third-order valence-electron chi connectivity index (χ3n) is 3.73. The summed E-state index contributed by atoms with van der Waals surface area (Å²) in [6.45, 7) is 2.94. The van der Waals surface area contributed by atoms with E-state index >= 15 is 0 Å². The molecule has 3 rings (SSSR count). The van der Waals surface area contributed by atoms with Crippen LogP contribution in [0, 0.1) is 0 Å². The van der Waals surface area contributed by atoms with Crippen molar-refractivity contribution in [2.75, 3.05) is 36.8 Å². The number of carbonyl (C=O) groups excluding carboxylic acids is 1. The minimum absolute atomic E-state index is 0. The Balaban J connectivity index is 0.00000132. The van der Waals surface area contributed by atoms with Gasteiger partial charge in [-0.25, -0.2) is 4.98 Å². The second-order valence-corrected chi connectivity index (χ2v) is 5.05. The van der Waals surface area contributed by atoms with Crippen molar-refractivity contribution < 1.29 is 4.79 Å². The lowest BCUT2D eigenvalue weighted by Gasteiger charge is -2.35. The van der Waals surface area contributed by atoms with Crippen LogP contribution in [-0.2, 0) is 0 Å². The predicted octanol–water partition coefficient (Wildman–Crippen LogP) is 2.47. The minimum Gasteiger partial charge on any atom is -0.398 e. The molecule has 0 aliphatic carbocycles. The zero-order valence-corrected chi connectivity index (χ0v) is 14.2. The van der Waals surface area contributed by atoms with Crippen LogP contribution in [0.5, 0.6) is 0 Å². The highest BCUT2D eigenvalue weighted by molar-refractivity contribution is 5.99. The third kappa shape index (κ3) is 4.27. The van der Waals surface area contributed by atoms with Crippen molar-refractivity contribution in [2.45, 2.75) is 0 Å². The summed E-state index contributed by atoms with van der Waals surface area (Å²) < 4.78 is 0. The quantitative estimate of drug-likeness (QED) is 0.841. The Bertz CT molecular complexity index is 631. The van der Waals surface area contributed by atoms with Gasteiger partial charge in [0.15, 0.2) is 0 Å². The number of hydrogen-bond acceptors (Lipinski definition) is 4. The van der Waals surface area contributed by atoms with Crippen LogP contribution >= 0.6 is 24.8 Å². The van der Waals surface area contributed by atoms with E-state index in [2.05, 4.69) is 9.88 Å². The molecular weight excluding hydrogens is 335 g/mol. The van der Waals surface area contributed by atoms with Gasteiger partial charge in [-0.2, -0.15) is 0 Å². The summed E-state index contributed by atoms with van der Waals surface area (Å²) in [5, 5.41) is 0. The van der Waals surface area contributed by atoms with Crippen molar-refractivity contribution in [2.24, 2.45) is 0 Å². The third-order valence-corrected chi connectivity index (χ3v) is 3.73. The number of nitrogens with two attached hydrogens (primary N) is 1. The average molecular weight is 355 g/mol. The zero-order chi connectivity index (χ0) is 14.7. The predicted molar refractivity (Wildman–Crippen MR) is 97.7 cm³/mol. The standard InChI is InChI=1S/C16H18N4O.2ClH/c17-14-6-2-1-5-13(14)16(21)20-11-9-19(10-12-20)15-7-3-4-8-18-15;;/h1-8H,9-12,17H2;2*1H. The number of anilines is 2. The molecule has 2 heterocycles. The summed E-state index contributed by atoms with van der Waals surface area (Å²) in [7, 11) is 0. The number of aromatic nitrogens is 1. The number of piperazine rings is 1. The molecule has 1 aliphatic rings. The maximum Gasteiger partial charge on any atom is 0.256 e. The van der Waals surface area contributed by atoms with Crippen molar-refractivity contribution >= 4 is 42.2 Å². The fourth-order valence-corrected chi connectivity index (χ4v) is 2.54. The molecule has 1 saturated heterocycles. The van der Waals surface area contributed by atoms with Gasteiger partial charge >= 0.3 is 0 Å². The number of hydrogen-bond donors (Lipinski definition) is 1. The molecule has 0 unspecified atom stereocenters. The van der Waals surface area contributed by atoms with Gasteiger partial charge in [0.2, 0.25) is 0 Å². The van der Waals surface area contributed by atoms with E-state index in [4.69, 9.17) is 5.73 Å². The maximum atomic E-state index is 12.5. The van der Waals surface area contributed by atoms with Crippen molar-refractivity contribution in [3.63, 3.8) is 0 Å². The molecule has 1 aliphatic heterocycles. The normalized spacial score (nSPS) is 13.7. The highest BCUT2D eigenvalue weighted by Gasteiger charge is 2.23. The first kappa shape index (κ1) is 19.1. The lowest BCUT2D eigenvalue weighted by molar-refractivity contribution is 0.0747. The topological polar surface area (TPSA) is 62.5 Å². The minimum atomic E-state index is 0.